The molecule has 0 spiro atoms. The highest BCUT2D eigenvalue weighted by Crippen LogP contribution is 2.44. The van der Waals surface area contributed by atoms with E-state index in [0.29, 0.717) is 23.0 Å². The molecule has 0 N–H and O–H groups in total. The van der Waals surface area contributed by atoms with Gasteiger partial charge in [-0.1, -0.05) is 20.8 Å². The molecule has 0 amide bonds. The predicted octanol–water partition coefficient (Wildman–Crippen LogP) is 4.72. The van der Waals surface area contributed by atoms with Gasteiger partial charge in [0.05, 0.1) is 0 Å². The molecule has 0 aliphatic carbocycles. The van der Waals surface area contributed by atoms with Crippen LogP contribution in [0.15, 0.2) is 0 Å². The first-order valence-corrected chi connectivity index (χ1v) is 11.3. The largest absolute Gasteiger partial charge is 0.301 e. The van der Waals surface area contributed by atoms with Crippen LogP contribution in [-0.4, -0.2) is 71.6 Å². The van der Waals surface area contributed by atoms with E-state index < -0.39 is 0 Å². The number of piperazine rings is 1. The molecule has 2 rings (SSSR count). The number of hydrogen-bond donors (Lipinski definition) is 0. The van der Waals surface area contributed by atoms with Gasteiger partial charge in [-0.25, -0.2) is 0 Å². The second-order valence-corrected chi connectivity index (χ2v) is 10.5. The Morgan fingerprint density at radius 2 is 1.23 bits per heavy atom. The summed E-state index contributed by atoms with van der Waals surface area (Å²) < 4.78 is 0. The van der Waals surface area contributed by atoms with E-state index in [2.05, 4.69) is 70.1 Å². The maximum atomic E-state index is 2.82. The maximum absolute atomic E-state index is 2.82. The molecule has 1 unspecified atom stereocenters. The Labute approximate surface area is 164 Å². The summed E-state index contributed by atoms with van der Waals surface area (Å²) in [5.74, 6) is 0.875. The third-order valence-corrected chi connectivity index (χ3v) is 7.77. The topological polar surface area (TPSA) is 9.72 Å². The molecule has 2 heterocycles. The fourth-order valence-electron chi connectivity index (χ4n) is 5.56. The molecule has 0 aromatic heterocycles. The Balaban J connectivity index is 1.97. The highest BCUT2D eigenvalue weighted by atomic mass is 15.3. The van der Waals surface area contributed by atoms with E-state index in [1.165, 1.54) is 65.0 Å². The fraction of sp³-hybridized carbons (Fsp3) is 1.00. The van der Waals surface area contributed by atoms with Crippen LogP contribution in [0.25, 0.3) is 0 Å². The van der Waals surface area contributed by atoms with E-state index in [0.717, 1.165) is 5.92 Å². The van der Waals surface area contributed by atoms with Crippen molar-refractivity contribution in [3.8, 4) is 0 Å². The molecule has 0 radical (unpaired) electrons. The van der Waals surface area contributed by atoms with Gasteiger partial charge in [-0.05, 0) is 84.7 Å². The number of hydrogen-bond acceptors (Lipinski definition) is 3. The standard InChI is InChI=1S/C23H47N3/c1-9-23(8,26-16-14-25(15-17-26)20(4)5)18-22(6,7)21-10-12-24(13-11-21)19(2)3/h19-21H,9-18H2,1-8H3. The molecular formula is C23H47N3. The van der Waals surface area contributed by atoms with Gasteiger partial charge in [0.1, 0.15) is 0 Å². The van der Waals surface area contributed by atoms with Gasteiger partial charge in [-0.2, -0.15) is 0 Å². The molecular weight excluding hydrogens is 318 g/mol. The Kier molecular flexibility index (Phi) is 7.61. The SMILES string of the molecule is CCC(C)(CC(C)(C)C1CCN(C(C)C)CC1)N1CCN(C(C)C)CC1. The van der Waals surface area contributed by atoms with Crippen molar-refractivity contribution in [1.82, 2.24) is 14.7 Å². The van der Waals surface area contributed by atoms with Crippen LogP contribution in [-0.2, 0) is 0 Å². The van der Waals surface area contributed by atoms with E-state index in [1.807, 2.05) is 0 Å². The van der Waals surface area contributed by atoms with E-state index in [1.54, 1.807) is 0 Å². The van der Waals surface area contributed by atoms with Crippen LogP contribution in [0.4, 0.5) is 0 Å². The predicted molar refractivity (Wildman–Crippen MR) is 115 cm³/mol. The van der Waals surface area contributed by atoms with Crippen LogP contribution in [0, 0.1) is 11.3 Å². The van der Waals surface area contributed by atoms with Crippen molar-refractivity contribution in [2.75, 3.05) is 39.3 Å². The quantitative estimate of drug-likeness (QED) is 0.646. The molecule has 1 atom stereocenters. The minimum Gasteiger partial charge on any atom is -0.301 e. The molecule has 0 bridgehead atoms. The molecule has 2 aliphatic heterocycles. The maximum Gasteiger partial charge on any atom is 0.0185 e. The summed E-state index contributed by atoms with van der Waals surface area (Å²) in [6, 6.07) is 1.39. The lowest BCUT2D eigenvalue weighted by molar-refractivity contribution is -0.0174. The van der Waals surface area contributed by atoms with Crippen LogP contribution >= 0.6 is 0 Å². The van der Waals surface area contributed by atoms with Gasteiger partial charge in [0, 0.05) is 43.8 Å². The Morgan fingerprint density at radius 1 is 0.769 bits per heavy atom. The average Bonchev–Trinajstić information content (AvgIpc) is 2.61. The highest BCUT2D eigenvalue weighted by molar-refractivity contribution is 4.96. The normalized spacial score (nSPS) is 25.2. The zero-order valence-corrected chi connectivity index (χ0v) is 19.1. The zero-order valence-electron chi connectivity index (χ0n) is 19.1. The molecule has 0 aromatic rings. The Morgan fingerprint density at radius 3 is 1.65 bits per heavy atom. The van der Waals surface area contributed by atoms with E-state index >= 15 is 0 Å². The van der Waals surface area contributed by atoms with Crippen LogP contribution < -0.4 is 0 Å². The summed E-state index contributed by atoms with van der Waals surface area (Å²) >= 11 is 0. The van der Waals surface area contributed by atoms with E-state index in [-0.39, 0.29) is 0 Å². The molecule has 0 saturated carbocycles. The van der Waals surface area contributed by atoms with Crippen molar-refractivity contribution in [3.05, 3.63) is 0 Å². The summed E-state index contributed by atoms with van der Waals surface area (Å²) in [4.78, 5) is 8.12. The first-order valence-electron chi connectivity index (χ1n) is 11.3. The van der Waals surface area contributed by atoms with Gasteiger partial charge in [0.2, 0.25) is 0 Å². The molecule has 3 nitrogen and oxygen atoms in total. The minimum atomic E-state index is 0.349. The van der Waals surface area contributed by atoms with Crippen LogP contribution in [0.3, 0.4) is 0 Å². The Bertz CT molecular complexity index is 415. The lowest BCUT2D eigenvalue weighted by atomic mass is 9.66. The van der Waals surface area contributed by atoms with Crippen LogP contribution in [0.5, 0.6) is 0 Å². The summed E-state index contributed by atoms with van der Waals surface area (Å²) in [5.41, 5.74) is 0.783. The third kappa shape index (κ3) is 5.23. The fourth-order valence-corrected chi connectivity index (χ4v) is 5.56. The van der Waals surface area contributed by atoms with E-state index in [9.17, 15) is 0 Å². The van der Waals surface area contributed by atoms with Crippen molar-refractivity contribution in [2.24, 2.45) is 11.3 Å². The van der Waals surface area contributed by atoms with Crippen LogP contribution in [0.2, 0.25) is 0 Å². The van der Waals surface area contributed by atoms with Gasteiger partial charge in [-0.3, -0.25) is 9.80 Å². The summed E-state index contributed by atoms with van der Waals surface area (Å²) in [6.45, 7) is 27.0. The molecule has 0 aromatic carbocycles. The smallest absolute Gasteiger partial charge is 0.0185 e. The van der Waals surface area contributed by atoms with Crippen molar-refractivity contribution in [1.29, 1.82) is 0 Å². The van der Waals surface area contributed by atoms with Crippen molar-refractivity contribution >= 4 is 0 Å². The van der Waals surface area contributed by atoms with Gasteiger partial charge in [0.15, 0.2) is 0 Å². The van der Waals surface area contributed by atoms with Gasteiger partial charge in [0.25, 0.3) is 0 Å². The van der Waals surface area contributed by atoms with Crippen molar-refractivity contribution < 1.29 is 0 Å². The lowest BCUT2D eigenvalue weighted by Crippen LogP contribution is -2.58. The van der Waals surface area contributed by atoms with Crippen LogP contribution in [0.1, 0.15) is 81.1 Å². The van der Waals surface area contributed by atoms with Gasteiger partial charge in [-0.15, -0.1) is 0 Å². The number of likely N-dealkylation sites (tertiary alicyclic amines) is 1. The summed E-state index contributed by atoms with van der Waals surface area (Å²) in [6.07, 6.45) is 5.37. The van der Waals surface area contributed by atoms with Crippen molar-refractivity contribution in [3.63, 3.8) is 0 Å². The molecule has 2 aliphatic rings. The molecule has 26 heavy (non-hydrogen) atoms. The summed E-state index contributed by atoms with van der Waals surface area (Å²) in [5, 5.41) is 0. The molecule has 3 heteroatoms. The molecule has 2 fully saturated rings. The van der Waals surface area contributed by atoms with E-state index in [4.69, 9.17) is 0 Å². The van der Waals surface area contributed by atoms with Gasteiger partial charge >= 0.3 is 0 Å². The first kappa shape index (κ1) is 22.2. The highest BCUT2D eigenvalue weighted by Gasteiger charge is 2.41. The van der Waals surface area contributed by atoms with Crippen molar-refractivity contribution in [2.45, 2.75) is 98.7 Å². The van der Waals surface area contributed by atoms with Gasteiger partial charge < -0.3 is 4.90 Å². The third-order valence-electron chi connectivity index (χ3n) is 7.77. The minimum absolute atomic E-state index is 0.349. The monoisotopic (exact) mass is 365 g/mol. The number of rotatable bonds is 7. The second kappa shape index (κ2) is 8.92. The zero-order chi connectivity index (χ0) is 19.5. The first-order chi connectivity index (χ1) is 12.1. The lowest BCUT2D eigenvalue weighted by Gasteiger charge is -2.51. The average molecular weight is 366 g/mol. The summed E-state index contributed by atoms with van der Waals surface area (Å²) in [7, 11) is 0. The molecule has 154 valence electrons. The molecule has 2 saturated heterocycles. The number of piperidine rings is 1. The second-order valence-electron chi connectivity index (χ2n) is 10.5. The number of nitrogens with zero attached hydrogens (tertiary/aromatic N) is 3. The Hall–Kier alpha value is -0.120.